The van der Waals surface area contributed by atoms with Crippen molar-refractivity contribution in [2.24, 2.45) is 5.73 Å². The van der Waals surface area contributed by atoms with E-state index in [0.717, 1.165) is 36.3 Å². The largest absolute Gasteiger partial charge is 0.416 e. The minimum absolute atomic E-state index is 0.0393. The third kappa shape index (κ3) is 5.22. The molecule has 0 bridgehead atoms. The molecule has 0 radical (unpaired) electrons. The lowest BCUT2D eigenvalue weighted by molar-refractivity contribution is 0.0634. The molecule has 1 fully saturated rings. The second kappa shape index (κ2) is 9.20. The summed E-state index contributed by atoms with van der Waals surface area (Å²) < 4.78 is 19.5. The van der Waals surface area contributed by atoms with Crippen LogP contribution in [0.15, 0.2) is 54.8 Å². The van der Waals surface area contributed by atoms with Gasteiger partial charge in [-0.15, -0.1) is 0 Å². The van der Waals surface area contributed by atoms with Crippen LogP contribution in [-0.2, 0) is 17.8 Å². The molecule has 1 aliphatic rings. The van der Waals surface area contributed by atoms with Crippen LogP contribution in [0.2, 0.25) is 0 Å². The number of ether oxygens (including phenoxy) is 1. The minimum Gasteiger partial charge on any atom is -0.416 e. The maximum atomic E-state index is 14.3. The van der Waals surface area contributed by atoms with Crippen LogP contribution in [0.5, 0.6) is 0 Å². The molecule has 2 N–H and O–H groups in total. The van der Waals surface area contributed by atoms with Gasteiger partial charge in [0.25, 0.3) is 0 Å². The molecular weight excluding hydrogens is 369 g/mol. The van der Waals surface area contributed by atoms with Crippen LogP contribution in [0.3, 0.4) is 0 Å². The van der Waals surface area contributed by atoms with Crippen LogP contribution in [0.1, 0.15) is 25.0 Å². The molecule has 1 saturated heterocycles. The van der Waals surface area contributed by atoms with E-state index in [1.165, 1.54) is 6.07 Å². The van der Waals surface area contributed by atoms with Crippen molar-refractivity contribution >= 4 is 6.09 Å². The molecule has 29 heavy (non-hydrogen) atoms. The summed E-state index contributed by atoms with van der Waals surface area (Å²) in [5.41, 5.74) is 9.11. The minimum atomic E-state index is -0.345. The number of amides is 1. The van der Waals surface area contributed by atoms with Crippen LogP contribution in [0.4, 0.5) is 9.18 Å². The third-order valence-corrected chi connectivity index (χ3v) is 5.12. The average molecular weight is 397 g/mol. The topological polar surface area (TPSA) is 58.8 Å². The Kier molecular flexibility index (Phi) is 6.67. The van der Waals surface area contributed by atoms with Gasteiger partial charge >= 0.3 is 6.09 Å². The first-order valence-corrected chi connectivity index (χ1v) is 9.81. The molecule has 0 aliphatic carbocycles. The number of nitrogens with two attached hydrogens (primary N) is 1. The van der Waals surface area contributed by atoms with E-state index in [4.69, 9.17) is 10.5 Å². The number of rotatable bonds is 5. The molecule has 1 amide bonds. The highest BCUT2D eigenvalue weighted by atomic mass is 19.1. The molecule has 0 aromatic heterocycles. The van der Waals surface area contributed by atoms with Crippen molar-refractivity contribution in [1.82, 2.24) is 9.80 Å². The number of piperazine rings is 1. The Morgan fingerprint density at radius 2 is 2.03 bits per heavy atom. The third-order valence-electron chi connectivity index (χ3n) is 5.12. The number of hydrogen-bond acceptors (Lipinski definition) is 4. The summed E-state index contributed by atoms with van der Waals surface area (Å²) in [7, 11) is 0. The molecule has 6 heteroatoms. The van der Waals surface area contributed by atoms with Crippen LogP contribution in [-0.4, -0.2) is 41.6 Å². The second-order valence-electron chi connectivity index (χ2n) is 7.57. The molecule has 2 aromatic rings. The smallest absolute Gasteiger partial charge is 0.415 e. The Bertz CT molecular complexity index is 899. The van der Waals surface area contributed by atoms with Crippen LogP contribution in [0, 0.1) is 5.82 Å². The fourth-order valence-corrected chi connectivity index (χ4v) is 3.67. The maximum Gasteiger partial charge on any atom is 0.415 e. The van der Waals surface area contributed by atoms with E-state index in [2.05, 4.69) is 11.5 Å². The number of nitrogens with zero attached hydrogens (tertiary/aromatic N) is 2. The molecule has 154 valence electrons. The molecular formula is C23H28FN3O2. The van der Waals surface area contributed by atoms with Gasteiger partial charge in [0.2, 0.25) is 0 Å². The summed E-state index contributed by atoms with van der Waals surface area (Å²) in [5, 5.41) is 0. The Balaban J connectivity index is 1.69. The van der Waals surface area contributed by atoms with Crippen molar-refractivity contribution in [3.8, 4) is 11.1 Å². The zero-order valence-electron chi connectivity index (χ0n) is 17.0. The molecule has 0 unspecified atom stereocenters. The number of hydrogen-bond donors (Lipinski definition) is 1. The van der Waals surface area contributed by atoms with Gasteiger partial charge in [-0.1, -0.05) is 30.8 Å². The highest BCUT2D eigenvalue weighted by Gasteiger charge is 2.28. The number of carbonyl (C=O) groups excluding carboxylic acids is 1. The normalized spacial score (nSPS) is 17.2. The Morgan fingerprint density at radius 1 is 1.24 bits per heavy atom. The maximum absolute atomic E-state index is 14.3. The lowest BCUT2D eigenvalue weighted by Crippen LogP contribution is -2.53. The molecule has 1 aliphatic heterocycles. The van der Waals surface area contributed by atoms with Gasteiger partial charge in [-0.25, -0.2) is 9.18 Å². The van der Waals surface area contributed by atoms with Gasteiger partial charge < -0.3 is 15.4 Å². The zero-order chi connectivity index (χ0) is 21.0. The summed E-state index contributed by atoms with van der Waals surface area (Å²) in [6.07, 6.45) is -0.345. The molecule has 0 spiro atoms. The molecule has 0 saturated carbocycles. The van der Waals surface area contributed by atoms with E-state index in [9.17, 15) is 9.18 Å². The predicted molar refractivity (Wildman–Crippen MR) is 112 cm³/mol. The summed E-state index contributed by atoms with van der Waals surface area (Å²) in [6, 6.07) is 12.9. The van der Waals surface area contributed by atoms with Crippen LogP contribution < -0.4 is 5.73 Å². The monoisotopic (exact) mass is 397 g/mol. The molecule has 1 heterocycles. The van der Waals surface area contributed by atoms with Crippen molar-refractivity contribution in [1.29, 1.82) is 0 Å². The quantitative estimate of drug-likeness (QED) is 0.771. The van der Waals surface area contributed by atoms with Gasteiger partial charge in [0, 0.05) is 44.3 Å². The zero-order valence-corrected chi connectivity index (χ0v) is 17.0. The molecule has 1 atom stereocenters. The van der Waals surface area contributed by atoms with Gasteiger partial charge in [-0.05, 0) is 48.7 Å². The molecule has 2 aromatic carbocycles. The summed E-state index contributed by atoms with van der Waals surface area (Å²) in [6.45, 7) is 10.5. The van der Waals surface area contributed by atoms with E-state index in [0.29, 0.717) is 24.4 Å². The fraction of sp³-hybridized carbons (Fsp3) is 0.348. The molecule has 3 rings (SSSR count). The van der Waals surface area contributed by atoms with E-state index in [1.54, 1.807) is 17.9 Å². The highest BCUT2D eigenvalue weighted by Crippen LogP contribution is 2.26. The number of allylic oxidation sites excluding steroid dienone is 1. The Morgan fingerprint density at radius 3 is 2.72 bits per heavy atom. The van der Waals surface area contributed by atoms with E-state index in [1.807, 2.05) is 37.3 Å². The van der Waals surface area contributed by atoms with Gasteiger partial charge in [-0.3, -0.25) is 4.90 Å². The SMILES string of the molecule is C=C(C)OC(=O)N1CCN(Cc2cccc(-c3cc(CN)ccc3F)c2)C[C@@H]1C. The van der Waals surface area contributed by atoms with Crippen LogP contribution >= 0.6 is 0 Å². The summed E-state index contributed by atoms with van der Waals surface area (Å²) >= 11 is 0. The first-order valence-electron chi connectivity index (χ1n) is 9.81. The standard InChI is InChI=1S/C23H28FN3O2/c1-16(2)29-23(28)27-10-9-26(14-17(27)3)15-19-5-4-6-20(11-19)21-12-18(13-25)7-8-22(21)24/h4-8,11-12,17H,1,9-10,13-15,25H2,2-3H3/t17-/m0/s1. The Hall–Kier alpha value is -2.70. The van der Waals surface area contributed by atoms with Gasteiger partial charge in [0.15, 0.2) is 0 Å². The Labute approximate surface area is 171 Å². The average Bonchev–Trinajstić information content (AvgIpc) is 2.68. The first-order chi connectivity index (χ1) is 13.9. The van der Waals surface area contributed by atoms with Crippen molar-refractivity contribution < 1.29 is 13.9 Å². The van der Waals surface area contributed by atoms with Crippen LogP contribution in [0.25, 0.3) is 11.1 Å². The van der Waals surface area contributed by atoms with E-state index >= 15 is 0 Å². The van der Waals surface area contributed by atoms with Gasteiger partial charge in [0.1, 0.15) is 5.82 Å². The van der Waals surface area contributed by atoms with Crippen molar-refractivity contribution in [2.45, 2.75) is 33.0 Å². The van der Waals surface area contributed by atoms with Gasteiger partial charge in [0.05, 0.1) is 5.76 Å². The lowest BCUT2D eigenvalue weighted by Gasteiger charge is -2.39. The van der Waals surface area contributed by atoms with Crippen molar-refractivity contribution in [3.63, 3.8) is 0 Å². The van der Waals surface area contributed by atoms with Crippen molar-refractivity contribution in [3.05, 3.63) is 71.7 Å². The first kappa shape index (κ1) is 21.0. The fourth-order valence-electron chi connectivity index (χ4n) is 3.67. The second-order valence-corrected chi connectivity index (χ2v) is 7.57. The number of carbonyl (C=O) groups is 1. The lowest BCUT2D eigenvalue weighted by atomic mass is 10.00. The van der Waals surface area contributed by atoms with Gasteiger partial charge in [-0.2, -0.15) is 0 Å². The number of benzene rings is 2. The predicted octanol–water partition coefficient (Wildman–Crippen LogP) is 4.13. The highest BCUT2D eigenvalue weighted by molar-refractivity contribution is 5.69. The number of halogens is 1. The summed E-state index contributed by atoms with van der Waals surface area (Å²) in [5.74, 6) is 0.144. The molecule has 5 nitrogen and oxygen atoms in total. The van der Waals surface area contributed by atoms with E-state index in [-0.39, 0.29) is 18.0 Å². The van der Waals surface area contributed by atoms with E-state index < -0.39 is 0 Å². The van der Waals surface area contributed by atoms with Crippen molar-refractivity contribution in [2.75, 3.05) is 19.6 Å². The summed E-state index contributed by atoms with van der Waals surface area (Å²) in [4.78, 5) is 16.2.